The van der Waals surface area contributed by atoms with E-state index in [0.717, 1.165) is 10.0 Å². The highest BCUT2D eigenvalue weighted by molar-refractivity contribution is 9.10. The van der Waals surface area contributed by atoms with E-state index in [4.69, 9.17) is 25.5 Å². The summed E-state index contributed by atoms with van der Waals surface area (Å²) in [5, 5.41) is 7.61. The lowest BCUT2D eigenvalue weighted by Crippen LogP contribution is -2.10. The second-order valence-electron chi connectivity index (χ2n) is 6.92. The molecule has 0 unspecified atom stereocenters. The van der Waals surface area contributed by atoms with Crippen LogP contribution in [0.1, 0.15) is 21.9 Å². The molecule has 0 aliphatic carbocycles. The average molecular weight is 517 g/mol. The van der Waals surface area contributed by atoms with Gasteiger partial charge >= 0.3 is 0 Å². The van der Waals surface area contributed by atoms with Crippen LogP contribution in [0, 0.1) is 6.92 Å². The molecule has 164 valence electrons. The Morgan fingerprint density at radius 1 is 1.12 bits per heavy atom. The molecular weight excluding hydrogens is 498 g/mol. The predicted octanol–water partition coefficient (Wildman–Crippen LogP) is 6.07. The average Bonchev–Trinajstić information content (AvgIpc) is 3.44. The Bertz CT molecular complexity index is 1220. The number of anilines is 1. The molecule has 4 rings (SSSR count). The molecule has 0 atom stereocenters. The molecule has 2 heterocycles. The Morgan fingerprint density at radius 3 is 2.69 bits per heavy atom. The number of rotatable bonds is 8. The van der Waals surface area contributed by atoms with Crippen molar-refractivity contribution in [3.8, 4) is 11.5 Å². The van der Waals surface area contributed by atoms with E-state index in [1.165, 1.54) is 0 Å². The first kappa shape index (κ1) is 22.0. The number of furan rings is 1. The van der Waals surface area contributed by atoms with Gasteiger partial charge in [0, 0.05) is 9.50 Å². The number of benzene rings is 2. The molecule has 0 saturated heterocycles. The highest BCUT2D eigenvalue weighted by atomic mass is 79.9. The van der Waals surface area contributed by atoms with Crippen LogP contribution < -0.4 is 14.8 Å². The first-order chi connectivity index (χ1) is 15.5. The van der Waals surface area contributed by atoms with Gasteiger partial charge in [-0.2, -0.15) is 5.10 Å². The second kappa shape index (κ2) is 9.93. The van der Waals surface area contributed by atoms with Crippen LogP contribution in [-0.4, -0.2) is 15.7 Å². The molecule has 4 aromatic rings. The molecule has 7 nitrogen and oxygen atoms in total. The Morgan fingerprint density at radius 2 is 1.91 bits per heavy atom. The van der Waals surface area contributed by atoms with Gasteiger partial charge in [0.15, 0.2) is 12.5 Å². The van der Waals surface area contributed by atoms with Gasteiger partial charge < -0.3 is 19.2 Å². The van der Waals surface area contributed by atoms with E-state index in [2.05, 4.69) is 26.3 Å². The highest BCUT2D eigenvalue weighted by Crippen LogP contribution is 2.22. The fourth-order valence-electron chi connectivity index (χ4n) is 2.80. The molecule has 32 heavy (non-hydrogen) atoms. The Kier molecular flexibility index (Phi) is 6.82. The van der Waals surface area contributed by atoms with Gasteiger partial charge in [-0.25, -0.2) is 4.68 Å². The summed E-state index contributed by atoms with van der Waals surface area (Å²) < 4.78 is 19.5. The zero-order valence-electron chi connectivity index (χ0n) is 17.0. The summed E-state index contributed by atoms with van der Waals surface area (Å²) in [6, 6.07) is 16.2. The largest absolute Gasteiger partial charge is 0.486 e. The third kappa shape index (κ3) is 5.72. The maximum atomic E-state index is 12.5. The maximum Gasteiger partial charge on any atom is 0.291 e. The van der Waals surface area contributed by atoms with Crippen molar-refractivity contribution < 1.29 is 18.7 Å². The van der Waals surface area contributed by atoms with Crippen LogP contribution in [0.5, 0.6) is 11.5 Å². The number of hydrogen-bond acceptors (Lipinski definition) is 5. The molecule has 9 heteroatoms. The summed E-state index contributed by atoms with van der Waals surface area (Å²) in [6.45, 7) is 2.31. The topological polar surface area (TPSA) is 78.5 Å². The zero-order chi connectivity index (χ0) is 22.5. The molecule has 1 N–H and O–H groups in total. The van der Waals surface area contributed by atoms with Crippen LogP contribution in [0.4, 0.5) is 5.69 Å². The van der Waals surface area contributed by atoms with Gasteiger partial charge in [-0.05, 0) is 67.1 Å². The van der Waals surface area contributed by atoms with Crippen LogP contribution >= 0.6 is 27.5 Å². The van der Waals surface area contributed by atoms with Gasteiger partial charge in [0.2, 0.25) is 0 Å². The number of aromatic nitrogens is 2. The Balaban J connectivity index is 1.29. The lowest BCUT2D eigenvalue weighted by molar-refractivity contribution is 0.0992. The van der Waals surface area contributed by atoms with E-state index in [1.54, 1.807) is 41.3 Å². The first-order valence-electron chi connectivity index (χ1n) is 9.66. The fourth-order valence-corrected chi connectivity index (χ4v) is 3.18. The predicted molar refractivity (Wildman–Crippen MR) is 124 cm³/mol. The molecule has 2 aromatic carbocycles. The van der Waals surface area contributed by atoms with Gasteiger partial charge in [-0.1, -0.05) is 27.5 Å². The number of halogens is 2. The number of nitrogens with one attached hydrogen (secondary N) is 1. The van der Waals surface area contributed by atoms with E-state index in [1.807, 2.05) is 37.3 Å². The molecular formula is C23H19BrClN3O4. The number of ether oxygens (including phenoxy) is 2. The molecule has 1 amide bonds. The summed E-state index contributed by atoms with van der Waals surface area (Å²) >= 11 is 9.40. The second-order valence-corrected chi connectivity index (χ2v) is 8.24. The number of carbonyl (C=O) groups is 1. The van der Waals surface area contributed by atoms with Crippen LogP contribution in [0.2, 0.25) is 5.02 Å². The van der Waals surface area contributed by atoms with Gasteiger partial charge in [0.1, 0.15) is 23.9 Å². The summed E-state index contributed by atoms with van der Waals surface area (Å²) in [6.07, 6.45) is 3.21. The molecule has 0 fully saturated rings. The lowest BCUT2D eigenvalue weighted by atomic mass is 10.2. The minimum Gasteiger partial charge on any atom is -0.486 e. The van der Waals surface area contributed by atoms with Gasteiger partial charge in [-0.3, -0.25) is 4.79 Å². The van der Waals surface area contributed by atoms with E-state index < -0.39 is 0 Å². The third-order valence-electron chi connectivity index (χ3n) is 4.46. The number of carbonyl (C=O) groups excluding carboxylic acids is 1. The lowest BCUT2D eigenvalue weighted by Gasteiger charge is -2.06. The van der Waals surface area contributed by atoms with Crippen molar-refractivity contribution in [2.75, 3.05) is 5.32 Å². The summed E-state index contributed by atoms with van der Waals surface area (Å²) in [5.74, 6) is 1.71. The summed E-state index contributed by atoms with van der Waals surface area (Å²) in [7, 11) is 0. The molecule has 0 spiro atoms. The molecule has 2 aromatic heterocycles. The van der Waals surface area contributed by atoms with E-state index >= 15 is 0 Å². The van der Waals surface area contributed by atoms with Gasteiger partial charge in [0.05, 0.1) is 18.1 Å². The number of amides is 1. The fraction of sp³-hybridized carbons (Fsp3) is 0.130. The molecule has 0 radical (unpaired) electrons. The first-order valence-corrected chi connectivity index (χ1v) is 10.8. The third-order valence-corrected chi connectivity index (χ3v) is 5.42. The molecule has 0 aliphatic heterocycles. The monoisotopic (exact) mass is 515 g/mol. The SMILES string of the molecule is Cc1cc(OCc2ccc(C(=O)Nc3cnn(COc4ccc(Br)cc4)c3)o2)ccc1Cl. The Labute approximate surface area is 198 Å². The zero-order valence-corrected chi connectivity index (χ0v) is 19.4. The number of nitrogens with zero attached hydrogens (tertiary/aromatic N) is 2. The number of hydrogen-bond donors (Lipinski definition) is 1. The van der Waals surface area contributed by atoms with E-state index in [-0.39, 0.29) is 25.0 Å². The smallest absolute Gasteiger partial charge is 0.291 e. The minimum atomic E-state index is -0.382. The van der Waals surface area contributed by atoms with E-state index in [0.29, 0.717) is 28.0 Å². The normalized spacial score (nSPS) is 10.7. The Hall–Kier alpha value is -3.23. The van der Waals surface area contributed by atoms with Crippen molar-refractivity contribution in [1.29, 1.82) is 0 Å². The molecule has 0 aliphatic rings. The highest BCUT2D eigenvalue weighted by Gasteiger charge is 2.13. The van der Waals surface area contributed by atoms with Crippen LogP contribution in [0.25, 0.3) is 0 Å². The van der Waals surface area contributed by atoms with Gasteiger partial charge in [0.25, 0.3) is 5.91 Å². The standard InChI is InChI=1S/C23H19BrClN3O4/c1-15-10-19(6-8-21(15)25)30-13-20-7-9-22(32-20)23(29)27-17-11-26-28(12-17)14-31-18-4-2-16(24)3-5-18/h2-12H,13-14H2,1H3,(H,27,29). The summed E-state index contributed by atoms with van der Waals surface area (Å²) in [4.78, 5) is 12.5. The van der Waals surface area contributed by atoms with Crippen molar-refractivity contribution >= 4 is 39.1 Å². The van der Waals surface area contributed by atoms with Gasteiger partial charge in [-0.15, -0.1) is 0 Å². The van der Waals surface area contributed by atoms with Crippen molar-refractivity contribution in [3.05, 3.63) is 93.6 Å². The van der Waals surface area contributed by atoms with Crippen molar-refractivity contribution in [2.24, 2.45) is 0 Å². The number of aryl methyl sites for hydroxylation is 1. The quantitative estimate of drug-likeness (QED) is 0.308. The van der Waals surface area contributed by atoms with Crippen molar-refractivity contribution in [3.63, 3.8) is 0 Å². The van der Waals surface area contributed by atoms with Crippen molar-refractivity contribution in [2.45, 2.75) is 20.3 Å². The van der Waals surface area contributed by atoms with Crippen LogP contribution in [-0.2, 0) is 13.3 Å². The maximum absolute atomic E-state index is 12.5. The van der Waals surface area contributed by atoms with Crippen molar-refractivity contribution in [1.82, 2.24) is 9.78 Å². The summed E-state index contributed by atoms with van der Waals surface area (Å²) in [5.41, 5.74) is 1.45. The van der Waals surface area contributed by atoms with E-state index in [9.17, 15) is 4.79 Å². The minimum absolute atomic E-state index is 0.176. The molecule has 0 bridgehead atoms. The van der Waals surface area contributed by atoms with Crippen LogP contribution in [0.15, 0.2) is 75.9 Å². The molecule has 0 saturated carbocycles. The van der Waals surface area contributed by atoms with Crippen LogP contribution in [0.3, 0.4) is 0 Å².